The first-order valence-corrected chi connectivity index (χ1v) is 20.6. The number of nitrogens with zero attached hydrogens (tertiary/aromatic N) is 3. The molecule has 0 saturated heterocycles. The minimum Gasteiger partial charge on any atom is -0.486 e. The Morgan fingerprint density at radius 3 is 2.25 bits per heavy atom. The summed E-state index contributed by atoms with van der Waals surface area (Å²) in [5.41, 5.74) is 7.02. The van der Waals surface area contributed by atoms with Crippen molar-refractivity contribution in [3.8, 4) is 33.8 Å². The number of aromatic nitrogens is 3. The van der Waals surface area contributed by atoms with Gasteiger partial charge in [0.1, 0.15) is 0 Å². The molecule has 0 aliphatic rings. The van der Waals surface area contributed by atoms with Crippen LogP contribution in [0.2, 0.25) is 19.6 Å². The zero-order chi connectivity index (χ0) is 39.1. The second-order valence-corrected chi connectivity index (χ2v) is 19.9. The summed E-state index contributed by atoms with van der Waals surface area (Å²) in [6.45, 7) is 16.3. The summed E-state index contributed by atoms with van der Waals surface area (Å²) < 4.78 is 40.6. The van der Waals surface area contributed by atoms with Gasteiger partial charge >= 0.3 is 0 Å². The first kappa shape index (κ1) is 32.7. The smallest absolute Gasteiger partial charge is 0.216 e. The number of furan rings is 1. The van der Waals surface area contributed by atoms with Crippen molar-refractivity contribution in [1.29, 1.82) is 0 Å². The van der Waals surface area contributed by atoms with Crippen molar-refractivity contribution >= 4 is 35.3 Å². The molecule has 6 heteroatoms. The van der Waals surface area contributed by atoms with Crippen molar-refractivity contribution in [3.05, 3.63) is 133 Å². The largest absolute Gasteiger partial charge is 0.486 e. The zero-order valence-electron chi connectivity index (χ0n) is 34.6. The molecule has 0 aliphatic carbocycles. The second kappa shape index (κ2) is 16.0. The minimum absolute atomic E-state index is 0. The molecule has 0 saturated carbocycles. The Morgan fingerprint density at radius 2 is 1.57 bits per heavy atom. The molecule has 0 aliphatic heterocycles. The molecule has 4 nitrogen and oxygen atoms in total. The molecule has 4 aromatic heterocycles. The fraction of sp³-hybridized carbons (Fsp3) is 0.267. The predicted molar refractivity (Wildman–Crippen MR) is 212 cm³/mol. The van der Waals surface area contributed by atoms with E-state index in [0.29, 0.717) is 28.1 Å². The summed E-state index contributed by atoms with van der Waals surface area (Å²) in [6, 6.07) is 37.4. The maximum atomic E-state index is 8.75. The van der Waals surface area contributed by atoms with E-state index in [0.717, 1.165) is 44.0 Å². The molecule has 0 N–H and O–H groups in total. The van der Waals surface area contributed by atoms with Crippen molar-refractivity contribution in [2.24, 2.45) is 11.3 Å². The van der Waals surface area contributed by atoms with E-state index >= 15 is 0 Å². The molecular formula is C45H47IrN3OSi-2. The molecule has 7 aromatic rings. The van der Waals surface area contributed by atoms with Gasteiger partial charge in [-0.15, -0.1) is 54.1 Å². The van der Waals surface area contributed by atoms with Gasteiger partial charge in [-0.1, -0.05) is 119 Å². The first-order valence-electron chi connectivity index (χ1n) is 19.1. The molecule has 7 rings (SSSR count). The van der Waals surface area contributed by atoms with Gasteiger partial charge in [-0.05, 0) is 58.9 Å². The molecule has 3 aromatic carbocycles. The molecule has 1 radical (unpaired) electrons. The van der Waals surface area contributed by atoms with Gasteiger partial charge in [0.05, 0.1) is 19.4 Å². The summed E-state index contributed by atoms with van der Waals surface area (Å²) in [6.07, 6.45) is 0.661. The minimum atomic E-state index is -1.70. The number of hydrogen-bond donors (Lipinski definition) is 0. The molecule has 0 unspecified atom stereocenters. The van der Waals surface area contributed by atoms with Crippen LogP contribution in [0.3, 0.4) is 0 Å². The van der Waals surface area contributed by atoms with Crippen LogP contribution in [0.25, 0.3) is 55.8 Å². The van der Waals surface area contributed by atoms with Crippen LogP contribution >= 0.6 is 0 Å². The Bertz CT molecular complexity index is 2400. The average Bonchev–Trinajstić information content (AvgIpc) is 3.53. The topological polar surface area (TPSA) is 51.8 Å². The van der Waals surface area contributed by atoms with Crippen LogP contribution in [0.1, 0.15) is 51.2 Å². The maximum Gasteiger partial charge on any atom is 0.216 e. The summed E-state index contributed by atoms with van der Waals surface area (Å²) in [4.78, 5) is 13.8. The van der Waals surface area contributed by atoms with E-state index in [1.807, 2.05) is 126 Å². The number of hydrogen-bond acceptors (Lipinski definition) is 4. The van der Waals surface area contributed by atoms with E-state index in [1.165, 1.54) is 0 Å². The third-order valence-corrected chi connectivity index (χ3v) is 10.1. The number of rotatable bonds is 7. The monoisotopic (exact) mass is 870 g/mol. The molecular weight excluding hydrogens is 819 g/mol. The quantitative estimate of drug-likeness (QED) is 0.118. The average molecular weight is 870 g/mol. The third kappa shape index (κ3) is 9.37. The fourth-order valence-corrected chi connectivity index (χ4v) is 7.23. The summed E-state index contributed by atoms with van der Waals surface area (Å²) in [7, 11) is -1.70. The summed E-state index contributed by atoms with van der Waals surface area (Å²) in [5, 5.41) is 2.96. The fourth-order valence-electron chi connectivity index (χ4n) is 5.83. The Balaban J connectivity index is 0.000000217. The molecule has 0 amide bonds. The molecule has 263 valence electrons. The molecule has 0 atom stereocenters. The van der Waals surface area contributed by atoms with Crippen molar-refractivity contribution in [3.63, 3.8) is 0 Å². The van der Waals surface area contributed by atoms with Gasteiger partial charge in [0.2, 0.25) is 5.71 Å². The van der Waals surface area contributed by atoms with Crippen LogP contribution in [0.15, 0.2) is 114 Å². The normalized spacial score (nSPS) is 13.4. The number of benzene rings is 3. The summed E-state index contributed by atoms with van der Waals surface area (Å²) in [5.74, 6) is -0.158. The van der Waals surface area contributed by atoms with E-state index in [2.05, 4.69) is 41.7 Å². The number of fused-ring (bicyclic) bond motifs is 3. The molecule has 51 heavy (non-hydrogen) atoms. The van der Waals surface area contributed by atoms with Gasteiger partial charge in [-0.25, -0.2) is 4.98 Å². The van der Waals surface area contributed by atoms with Crippen LogP contribution in [-0.2, 0) is 32.9 Å². The Hall–Kier alpha value is -4.22. The zero-order valence-corrected chi connectivity index (χ0v) is 33.9. The van der Waals surface area contributed by atoms with Crippen LogP contribution in [0, 0.1) is 23.5 Å². The van der Waals surface area contributed by atoms with Gasteiger partial charge in [-0.3, -0.25) is 0 Å². The van der Waals surface area contributed by atoms with Crippen LogP contribution in [-0.4, -0.2) is 23.0 Å². The van der Waals surface area contributed by atoms with Crippen LogP contribution in [0.5, 0.6) is 0 Å². The van der Waals surface area contributed by atoms with Crippen LogP contribution < -0.4 is 5.19 Å². The van der Waals surface area contributed by atoms with Crippen LogP contribution in [0.4, 0.5) is 0 Å². The van der Waals surface area contributed by atoms with E-state index in [9.17, 15) is 0 Å². The standard InChI is InChI=1S/C26H21N2O.C19H26NSi.Ir/c1-17(2)15-18-13-14-27-24(16-18)22-10-6-9-20-21-11-12-23(19-7-4-3-5-8-19)28-26(21)29-25(20)22;1-19(2,3)13-16-12-17(15-10-8-7-9-11-15)20-14-18(16)21(4,5)6;/h3-9,11-14,16-17H,15H2,1-2H3;7-10,12,14H,13H2,1-6H3;/q2*-1;/i15D2;13D2;. The van der Waals surface area contributed by atoms with Crippen molar-refractivity contribution in [2.45, 2.75) is 67.0 Å². The van der Waals surface area contributed by atoms with Gasteiger partial charge < -0.3 is 14.4 Å². The predicted octanol–water partition coefficient (Wildman–Crippen LogP) is 11.4. The molecule has 0 fully saturated rings. The van der Waals surface area contributed by atoms with E-state index in [4.69, 9.17) is 14.9 Å². The molecule has 4 heterocycles. The first-order chi connectivity index (χ1) is 25.4. The maximum absolute atomic E-state index is 8.75. The van der Waals surface area contributed by atoms with Gasteiger partial charge in [0.15, 0.2) is 0 Å². The van der Waals surface area contributed by atoms with Gasteiger partial charge in [0, 0.05) is 48.9 Å². The Labute approximate surface area is 323 Å². The van der Waals surface area contributed by atoms with E-state index < -0.39 is 26.2 Å². The molecule has 0 bridgehead atoms. The molecule has 0 spiro atoms. The van der Waals surface area contributed by atoms with E-state index in [-0.39, 0.29) is 26.0 Å². The Morgan fingerprint density at radius 1 is 0.804 bits per heavy atom. The van der Waals surface area contributed by atoms with Gasteiger partial charge in [-0.2, -0.15) is 0 Å². The third-order valence-electron chi connectivity index (χ3n) is 8.05. The van der Waals surface area contributed by atoms with Gasteiger partial charge in [0.25, 0.3) is 0 Å². The number of pyridine rings is 3. The van der Waals surface area contributed by atoms with E-state index in [1.54, 1.807) is 18.3 Å². The summed E-state index contributed by atoms with van der Waals surface area (Å²) >= 11 is 0. The second-order valence-electron chi connectivity index (χ2n) is 14.9. The SMILES string of the molecule is [2H]C([2H])(c1cc(-c2[c-]cccc2)ncc1[Si](C)(C)C)C(C)(C)C.[2H]C([2H])(c1ccnc(-c2[c-]ccc3c2oc2nc(-c4ccccc4)ccc23)c1)C(C)C.[Ir]. The van der Waals surface area contributed by atoms with Crippen molar-refractivity contribution in [1.82, 2.24) is 15.0 Å². The van der Waals surface area contributed by atoms with Crippen molar-refractivity contribution in [2.75, 3.05) is 0 Å². The Kier molecular flexibility index (Phi) is 10.2. The van der Waals surface area contributed by atoms with Crippen molar-refractivity contribution < 1.29 is 30.0 Å².